The molecule has 0 saturated heterocycles. The molecule has 0 bridgehead atoms. The number of rotatable bonds is 8. The highest BCUT2D eigenvalue weighted by Gasteiger charge is 2.36. The lowest BCUT2D eigenvalue weighted by atomic mass is 9.84. The van der Waals surface area contributed by atoms with Gasteiger partial charge in [-0.3, -0.25) is 4.79 Å². The van der Waals surface area contributed by atoms with Crippen LogP contribution in [0.25, 0.3) is 0 Å². The molecule has 1 aromatic carbocycles. The minimum absolute atomic E-state index is 0. The van der Waals surface area contributed by atoms with Gasteiger partial charge in [0.2, 0.25) is 0 Å². The predicted octanol–water partition coefficient (Wildman–Crippen LogP) is 4.63. The normalized spacial score (nSPS) is 13.8. The number of nitrogens with one attached hydrogen (secondary N) is 1. The Morgan fingerprint density at radius 1 is 1.18 bits per heavy atom. The second kappa shape index (κ2) is 10.6. The molecule has 0 spiro atoms. The van der Waals surface area contributed by atoms with Gasteiger partial charge in [0.1, 0.15) is 0 Å². The van der Waals surface area contributed by atoms with Crippen molar-refractivity contribution in [2.24, 2.45) is 0 Å². The molecule has 1 aromatic rings. The first-order valence-electron chi connectivity index (χ1n) is 9.37. The number of hydrogen-bond acceptors (Lipinski definition) is 5. The van der Waals surface area contributed by atoms with Crippen LogP contribution in [0, 0.1) is 11.3 Å². The van der Waals surface area contributed by atoms with Crippen LogP contribution in [0.4, 0.5) is 0 Å². The van der Waals surface area contributed by atoms with Crippen LogP contribution in [0.15, 0.2) is 24.3 Å². The largest absolute Gasteiger partial charge is 0.469 e. The summed E-state index contributed by atoms with van der Waals surface area (Å²) in [5.74, 6) is -0.239. The van der Waals surface area contributed by atoms with E-state index in [0.717, 1.165) is 5.56 Å². The monoisotopic (exact) mass is 390 g/mol. The molecule has 0 aliphatic rings. The molecule has 5 heteroatoms. The molecule has 0 saturated carbocycles. The molecule has 0 radical (unpaired) electrons. The third-order valence-electron chi connectivity index (χ3n) is 4.06. The number of esters is 1. The van der Waals surface area contributed by atoms with E-state index in [-0.39, 0.29) is 24.5 Å². The Balaban J connectivity index is 0.00000729. The smallest absolute Gasteiger partial charge is 0.305 e. The molecule has 1 N–H and O–H groups in total. The summed E-state index contributed by atoms with van der Waals surface area (Å²) in [5, 5.41) is 12.9. The Morgan fingerprint density at radius 2 is 1.82 bits per heavy atom. The minimum atomic E-state index is -0.464. The summed E-state index contributed by atoms with van der Waals surface area (Å²) < 4.78 is 11.0. The van der Waals surface area contributed by atoms with Gasteiger partial charge >= 0.3 is 5.97 Å². The van der Waals surface area contributed by atoms with Crippen molar-refractivity contribution in [2.75, 3.05) is 13.7 Å². The van der Waals surface area contributed by atoms with Gasteiger partial charge in [0, 0.05) is 17.5 Å². The molecular weight excluding hydrogens is 352 g/mol. The van der Waals surface area contributed by atoms with Crippen molar-refractivity contribution in [3.05, 3.63) is 35.4 Å². The summed E-state index contributed by atoms with van der Waals surface area (Å²) in [5.41, 5.74) is 0.720. The summed E-state index contributed by atoms with van der Waals surface area (Å²) >= 11 is 0. The molecule has 1 atom stereocenters. The van der Waals surface area contributed by atoms with Crippen LogP contribution in [0.5, 0.6) is 0 Å². The SMILES string of the molecule is C.COC(=O)CC[C@](COC(C)(C)C)(Cc1cccc(C#N)c1)NC(C)(C)C. The van der Waals surface area contributed by atoms with Crippen LogP contribution in [-0.2, 0) is 20.7 Å². The zero-order chi connectivity index (χ0) is 20.7. The van der Waals surface area contributed by atoms with Gasteiger partial charge in [0.05, 0.1) is 31.0 Å². The van der Waals surface area contributed by atoms with Gasteiger partial charge in [-0.15, -0.1) is 0 Å². The average Bonchev–Trinajstić information content (AvgIpc) is 2.56. The molecule has 0 aliphatic heterocycles. The average molecular weight is 391 g/mol. The van der Waals surface area contributed by atoms with Crippen LogP contribution < -0.4 is 5.32 Å². The van der Waals surface area contributed by atoms with E-state index in [1.54, 1.807) is 6.07 Å². The first-order valence-corrected chi connectivity index (χ1v) is 9.37. The Bertz CT molecular complexity index is 666. The molecule has 158 valence electrons. The zero-order valence-corrected chi connectivity index (χ0v) is 17.8. The van der Waals surface area contributed by atoms with Crippen molar-refractivity contribution in [1.82, 2.24) is 5.32 Å². The van der Waals surface area contributed by atoms with Gasteiger partial charge in [-0.1, -0.05) is 19.6 Å². The number of benzene rings is 1. The highest BCUT2D eigenvalue weighted by Crippen LogP contribution is 2.26. The van der Waals surface area contributed by atoms with Crippen LogP contribution in [0.3, 0.4) is 0 Å². The van der Waals surface area contributed by atoms with Crippen LogP contribution in [0.1, 0.15) is 72.9 Å². The van der Waals surface area contributed by atoms with Crippen molar-refractivity contribution in [3.8, 4) is 6.07 Å². The molecule has 5 nitrogen and oxygen atoms in total. The van der Waals surface area contributed by atoms with Crippen molar-refractivity contribution < 1.29 is 14.3 Å². The first kappa shape index (κ1) is 26.1. The quantitative estimate of drug-likeness (QED) is 0.655. The maximum atomic E-state index is 11.8. The fourth-order valence-corrected chi connectivity index (χ4v) is 3.09. The van der Waals surface area contributed by atoms with Gasteiger partial charge in [-0.25, -0.2) is 0 Å². The van der Waals surface area contributed by atoms with Gasteiger partial charge in [-0.2, -0.15) is 5.26 Å². The number of ether oxygens (including phenoxy) is 2. The van der Waals surface area contributed by atoms with Gasteiger partial charge in [0.25, 0.3) is 0 Å². The summed E-state index contributed by atoms with van der Waals surface area (Å²) in [7, 11) is 1.41. The maximum absolute atomic E-state index is 11.8. The molecule has 0 unspecified atom stereocenters. The molecule has 0 heterocycles. The Morgan fingerprint density at radius 3 is 2.32 bits per heavy atom. The number of carbonyl (C=O) groups is 1. The second-order valence-electron chi connectivity index (χ2n) is 9.12. The Hall–Kier alpha value is -1.90. The maximum Gasteiger partial charge on any atom is 0.305 e. The summed E-state index contributed by atoms with van der Waals surface area (Å²) in [6.45, 7) is 12.8. The van der Waals surface area contributed by atoms with Crippen molar-refractivity contribution in [1.29, 1.82) is 5.26 Å². The van der Waals surface area contributed by atoms with Crippen LogP contribution in [-0.4, -0.2) is 36.4 Å². The van der Waals surface area contributed by atoms with Crippen LogP contribution in [0.2, 0.25) is 0 Å². The lowest BCUT2D eigenvalue weighted by Gasteiger charge is -2.42. The van der Waals surface area contributed by atoms with Crippen molar-refractivity contribution in [3.63, 3.8) is 0 Å². The molecular formula is C23H38N2O3. The van der Waals surface area contributed by atoms with E-state index in [9.17, 15) is 10.1 Å². The molecule has 1 rings (SSSR count). The highest BCUT2D eigenvalue weighted by atomic mass is 16.5. The lowest BCUT2D eigenvalue weighted by molar-refractivity contribution is -0.141. The molecule has 0 aromatic heterocycles. The predicted molar refractivity (Wildman–Crippen MR) is 114 cm³/mol. The third kappa shape index (κ3) is 9.87. The van der Waals surface area contributed by atoms with E-state index in [1.807, 2.05) is 39.0 Å². The molecule has 28 heavy (non-hydrogen) atoms. The van der Waals surface area contributed by atoms with E-state index in [1.165, 1.54) is 7.11 Å². The van der Waals surface area contributed by atoms with Crippen LogP contribution >= 0.6 is 0 Å². The number of nitrogens with zero attached hydrogens (tertiary/aromatic N) is 1. The minimum Gasteiger partial charge on any atom is -0.469 e. The van der Waals surface area contributed by atoms with Crippen molar-refractivity contribution in [2.45, 2.75) is 84.9 Å². The van der Waals surface area contributed by atoms with E-state index >= 15 is 0 Å². The molecule has 0 aliphatic carbocycles. The van der Waals surface area contributed by atoms with Gasteiger partial charge < -0.3 is 14.8 Å². The van der Waals surface area contributed by atoms with E-state index < -0.39 is 5.54 Å². The summed E-state index contributed by atoms with van der Waals surface area (Å²) in [6, 6.07) is 9.78. The second-order valence-corrected chi connectivity index (χ2v) is 9.12. The van der Waals surface area contributed by atoms with Gasteiger partial charge in [-0.05, 0) is 72.1 Å². The number of methoxy groups -OCH3 is 1. The fraction of sp³-hybridized carbons (Fsp3) is 0.652. The molecule has 0 amide bonds. The number of nitriles is 1. The topological polar surface area (TPSA) is 71.3 Å². The van der Waals surface area contributed by atoms with Crippen molar-refractivity contribution >= 4 is 5.97 Å². The fourth-order valence-electron chi connectivity index (χ4n) is 3.09. The Kier molecular flexibility index (Phi) is 9.87. The van der Waals surface area contributed by atoms with E-state index in [4.69, 9.17) is 9.47 Å². The standard InChI is InChI=1S/C22H34N2O3.CH4/c1-20(2,3)24-22(12-11-19(25)26-7,16-27-21(4,5)6)14-17-9-8-10-18(13-17)15-23;/h8-10,13,24H,11-12,14,16H2,1-7H3;1H4/t22-;/m1./s1. The third-order valence-corrected chi connectivity index (χ3v) is 4.06. The summed E-state index contributed by atoms with van der Waals surface area (Å²) in [4.78, 5) is 11.8. The van der Waals surface area contributed by atoms with Gasteiger partial charge in [0.15, 0.2) is 0 Å². The van der Waals surface area contributed by atoms with E-state index in [0.29, 0.717) is 31.4 Å². The number of hydrogen-bond donors (Lipinski definition) is 1. The lowest BCUT2D eigenvalue weighted by Crippen LogP contribution is -2.59. The number of carbonyl (C=O) groups excluding carboxylic acids is 1. The zero-order valence-electron chi connectivity index (χ0n) is 17.8. The Labute approximate surface area is 171 Å². The first-order chi connectivity index (χ1) is 12.4. The summed E-state index contributed by atoms with van der Waals surface area (Å²) in [6.07, 6.45) is 1.52. The highest BCUT2D eigenvalue weighted by molar-refractivity contribution is 5.69. The molecule has 0 fully saturated rings. The van der Waals surface area contributed by atoms with E-state index in [2.05, 4.69) is 32.2 Å².